The largest absolute Gasteiger partial charge is 0.469 e. The number of rotatable bonds is 10. The summed E-state index contributed by atoms with van der Waals surface area (Å²) in [6.07, 6.45) is 6.48. The van der Waals surface area contributed by atoms with E-state index in [1.807, 2.05) is 36.4 Å². The van der Waals surface area contributed by atoms with Crippen LogP contribution in [0.25, 0.3) is 0 Å². The van der Waals surface area contributed by atoms with Gasteiger partial charge in [0, 0.05) is 55.1 Å². The number of anilines is 2. The molecule has 1 aliphatic carbocycles. The van der Waals surface area contributed by atoms with Gasteiger partial charge in [-0.25, -0.2) is 0 Å². The van der Waals surface area contributed by atoms with Gasteiger partial charge in [0.25, 0.3) is 5.91 Å². The highest BCUT2D eigenvalue weighted by atomic mass is 16.5. The molecule has 0 aromatic heterocycles. The van der Waals surface area contributed by atoms with Crippen molar-refractivity contribution in [3.8, 4) is 0 Å². The molecule has 7 heteroatoms. The van der Waals surface area contributed by atoms with Crippen molar-refractivity contribution < 1.29 is 19.1 Å². The zero-order chi connectivity index (χ0) is 25.8. The summed E-state index contributed by atoms with van der Waals surface area (Å²) in [6, 6.07) is 16.8. The van der Waals surface area contributed by atoms with Crippen LogP contribution in [0.1, 0.15) is 61.4 Å². The van der Waals surface area contributed by atoms with E-state index in [0.717, 1.165) is 50.1 Å². The second kappa shape index (κ2) is 11.7. The number of nitrogens with one attached hydrogen (secondary N) is 1. The smallest absolute Gasteiger partial charge is 0.305 e. The Morgan fingerprint density at radius 1 is 1.03 bits per heavy atom. The van der Waals surface area contributed by atoms with E-state index in [1.54, 1.807) is 0 Å². The maximum atomic E-state index is 12.8. The van der Waals surface area contributed by atoms with Crippen LogP contribution in [0.4, 0.5) is 11.4 Å². The average molecular weight is 506 g/mol. The summed E-state index contributed by atoms with van der Waals surface area (Å²) in [5, 5.41) is 3.03. The number of amides is 1. The van der Waals surface area contributed by atoms with Crippen molar-refractivity contribution in [1.29, 1.82) is 0 Å². The molecule has 1 amide bonds. The first-order chi connectivity index (χ1) is 18.0. The fraction of sp³-hybridized carbons (Fsp3) is 0.533. The van der Waals surface area contributed by atoms with Gasteiger partial charge >= 0.3 is 5.97 Å². The standard InChI is InChI=1S/C30H39N3O4/c1-21(6-15-29(34)36-2)32-18-24-16-17-33(28(24)19-32)26-13-11-25(12-14-26)31-30(35)23-9-7-22(8-10-23)20-37-27-4-3-5-27/h7-14,21,24,27-28H,3-6,15-20H2,1-2H3,(H,31,35)/t21?,24-,28+/m1/s1. The van der Waals surface area contributed by atoms with Gasteiger partial charge < -0.3 is 19.7 Å². The molecular formula is C30H39N3O4. The number of hydrogen-bond donors (Lipinski definition) is 1. The number of likely N-dealkylation sites (tertiary alicyclic amines) is 1. The first kappa shape index (κ1) is 25.7. The maximum absolute atomic E-state index is 12.8. The normalized spacial score (nSPS) is 22.4. The van der Waals surface area contributed by atoms with E-state index in [4.69, 9.17) is 9.47 Å². The van der Waals surface area contributed by atoms with E-state index in [1.165, 1.54) is 25.6 Å². The Bertz CT molecular complexity index is 1070. The molecular weight excluding hydrogens is 466 g/mol. The van der Waals surface area contributed by atoms with Gasteiger partial charge in [-0.2, -0.15) is 0 Å². The Morgan fingerprint density at radius 3 is 2.46 bits per heavy atom. The molecule has 3 aliphatic rings. The van der Waals surface area contributed by atoms with Crippen LogP contribution in [0.15, 0.2) is 48.5 Å². The third-order valence-electron chi connectivity index (χ3n) is 8.40. The Labute approximate surface area is 220 Å². The van der Waals surface area contributed by atoms with Crippen LogP contribution in [0.5, 0.6) is 0 Å². The molecule has 0 radical (unpaired) electrons. The molecule has 5 rings (SSSR count). The van der Waals surface area contributed by atoms with Gasteiger partial charge in [-0.3, -0.25) is 14.5 Å². The molecule has 0 bridgehead atoms. The summed E-state index contributed by atoms with van der Waals surface area (Å²) in [5.41, 5.74) is 3.74. The molecule has 0 spiro atoms. The summed E-state index contributed by atoms with van der Waals surface area (Å²) in [7, 11) is 1.45. The van der Waals surface area contributed by atoms with Crippen molar-refractivity contribution in [2.45, 2.75) is 70.2 Å². The Balaban J connectivity index is 1.12. The topological polar surface area (TPSA) is 71.1 Å². The summed E-state index contributed by atoms with van der Waals surface area (Å²) in [6.45, 7) is 5.98. The van der Waals surface area contributed by atoms with Crippen LogP contribution in [0.2, 0.25) is 0 Å². The monoisotopic (exact) mass is 505 g/mol. The van der Waals surface area contributed by atoms with Gasteiger partial charge in [0.1, 0.15) is 0 Å². The van der Waals surface area contributed by atoms with Crippen molar-refractivity contribution in [3.63, 3.8) is 0 Å². The van der Waals surface area contributed by atoms with E-state index < -0.39 is 0 Å². The van der Waals surface area contributed by atoms with Crippen molar-refractivity contribution in [2.24, 2.45) is 5.92 Å². The molecule has 3 fully saturated rings. The fourth-order valence-electron chi connectivity index (χ4n) is 5.73. The van der Waals surface area contributed by atoms with Gasteiger partial charge in [-0.05, 0) is 86.9 Å². The van der Waals surface area contributed by atoms with Gasteiger partial charge in [0.05, 0.1) is 19.8 Å². The SMILES string of the molecule is COC(=O)CCC(C)N1C[C@H]2CCN(c3ccc(NC(=O)c4ccc(COC5CCC5)cc4)cc3)[C@H]2C1. The number of methoxy groups -OCH3 is 1. The van der Waals surface area contributed by atoms with E-state index in [-0.39, 0.29) is 11.9 Å². The number of nitrogens with zero attached hydrogens (tertiary/aromatic N) is 2. The highest BCUT2D eigenvalue weighted by Crippen LogP contribution is 2.36. The number of carbonyl (C=O) groups excluding carboxylic acids is 2. The van der Waals surface area contributed by atoms with E-state index >= 15 is 0 Å². The van der Waals surface area contributed by atoms with E-state index in [0.29, 0.717) is 42.7 Å². The Hall–Kier alpha value is -2.90. The maximum Gasteiger partial charge on any atom is 0.305 e. The Kier molecular flexibility index (Phi) is 8.11. The highest BCUT2D eigenvalue weighted by molar-refractivity contribution is 6.04. The lowest BCUT2D eigenvalue weighted by atomic mass is 9.96. The van der Waals surface area contributed by atoms with Crippen molar-refractivity contribution >= 4 is 23.3 Å². The fourth-order valence-corrected chi connectivity index (χ4v) is 5.73. The summed E-state index contributed by atoms with van der Waals surface area (Å²) < 4.78 is 10.7. The molecule has 7 nitrogen and oxygen atoms in total. The minimum atomic E-state index is -0.133. The van der Waals surface area contributed by atoms with Crippen molar-refractivity contribution in [2.75, 3.05) is 37.0 Å². The van der Waals surface area contributed by atoms with Crippen LogP contribution in [-0.2, 0) is 20.9 Å². The molecule has 2 saturated heterocycles. The molecule has 2 aromatic rings. The van der Waals surface area contributed by atoms with Crippen LogP contribution in [0, 0.1) is 5.92 Å². The summed E-state index contributed by atoms with van der Waals surface area (Å²) >= 11 is 0. The molecule has 2 aromatic carbocycles. The first-order valence-corrected chi connectivity index (χ1v) is 13.7. The number of benzene rings is 2. The number of hydrogen-bond acceptors (Lipinski definition) is 6. The van der Waals surface area contributed by atoms with Crippen LogP contribution in [0.3, 0.4) is 0 Å². The molecule has 37 heavy (non-hydrogen) atoms. The van der Waals surface area contributed by atoms with E-state index in [2.05, 4.69) is 34.2 Å². The lowest BCUT2D eigenvalue weighted by Gasteiger charge is -2.29. The number of esters is 1. The molecule has 198 valence electrons. The van der Waals surface area contributed by atoms with E-state index in [9.17, 15) is 9.59 Å². The van der Waals surface area contributed by atoms with Crippen molar-refractivity contribution in [1.82, 2.24) is 4.90 Å². The number of fused-ring (bicyclic) bond motifs is 1. The first-order valence-electron chi connectivity index (χ1n) is 13.7. The predicted molar refractivity (Wildman–Crippen MR) is 145 cm³/mol. The third-order valence-corrected chi connectivity index (χ3v) is 8.40. The molecule has 1 N–H and O–H groups in total. The number of ether oxygens (including phenoxy) is 2. The summed E-state index contributed by atoms with van der Waals surface area (Å²) in [4.78, 5) is 29.3. The van der Waals surface area contributed by atoms with Gasteiger partial charge in [-0.15, -0.1) is 0 Å². The van der Waals surface area contributed by atoms with Crippen LogP contribution < -0.4 is 10.2 Å². The molecule has 1 unspecified atom stereocenters. The molecule has 1 saturated carbocycles. The third kappa shape index (κ3) is 6.16. The average Bonchev–Trinajstić information content (AvgIpc) is 3.48. The zero-order valence-electron chi connectivity index (χ0n) is 22.0. The zero-order valence-corrected chi connectivity index (χ0v) is 22.0. The highest BCUT2D eigenvalue weighted by Gasteiger charge is 2.42. The molecule has 2 aliphatic heterocycles. The lowest BCUT2D eigenvalue weighted by molar-refractivity contribution is -0.141. The molecule has 2 heterocycles. The minimum absolute atomic E-state index is 0.104. The van der Waals surface area contributed by atoms with Gasteiger partial charge in [0.2, 0.25) is 0 Å². The molecule has 3 atom stereocenters. The Morgan fingerprint density at radius 2 is 1.78 bits per heavy atom. The predicted octanol–water partition coefficient (Wildman–Crippen LogP) is 4.86. The van der Waals surface area contributed by atoms with Crippen LogP contribution in [-0.4, -0.2) is 61.7 Å². The number of carbonyl (C=O) groups is 2. The van der Waals surface area contributed by atoms with Gasteiger partial charge in [-0.1, -0.05) is 12.1 Å². The lowest BCUT2D eigenvalue weighted by Crippen LogP contribution is -2.38. The van der Waals surface area contributed by atoms with Crippen molar-refractivity contribution in [3.05, 3.63) is 59.7 Å². The quantitative estimate of drug-likeness (QED) is 0.465. The summed E-state index contributed by atoms with van der Waals surface area (Å²) in [5.74, 6) is 0.417. The second-order valence-corrected chi connectivity index (χ2v) is 10.8. The minimum Gasteiger partial charge on any atom is -0.469 e. The van der Waals surface area contributed by atoms with Crippen LogP contribution >= 0.6 is 0 Å². The second-order valence-electron chi connectivity index (χ2n) is 10.8. The van der Waals surface area contributed by atoms with Gasteiger partial charge in [0.15, 0.2) is 0 Å².